The molecular formula is C14H23N. The van der Waals surface area contributed by atoms with Gasteiger partial charge in [-0.2, -0.15) is 0 Å². The molecule has 1 aromatic rings. The van der Waals surface area contributed by atoms with Gasteiger partial charge in [-0.15, -0.1) is 0 Å². The van der Waals surface area contributed by atoms with Gasteiger partial charge in [0.25, 0.3) is 0 Å². The molecule has 1 N–H and O–H groups in total. The van der Waals surface area contributed by atoms with E-state index in [1.54, 1.807) is 0 Å². The zero-order valence-electron chi connectivity index (χ0n) is 10.4. The first kappa shape index (κ1) is 12.3. The third kappa shape index (κ3) is 4.48. The summed E-state index contributed by atoms with van der Waals surface area (Å²) in [5.41, 5.74) is 2.72. The molecule has 0 aliphatic heterocycles. The number of nitrogens with one attached hydrogen (secondary N) is 1. The molecular weight excluding hydrogens is 182 g/mol. The second-order valence-electron chi connectivity index (χ2n) is 4.84. The fourth-order valence-corrected chi connectivity index (χ4v) is 1.50. The maximum atomic E-state index is 3.51. The fraction of sp³-hybridized carbons (Fsp3) is 0.571. The number of hydrogen-bond acceptors (Lipinski definition) is 1. The number of rotatable bonds is 5. The molecule has 15 heavy (non-hydrogen) atoms. The summed E-state index contributed by atoms with van der Waals surface area (Å²) in [4.78, 5) is 0. The first-order chi connectivity index (χ1) is 7.09. The van der Waals surface area contributed by atoms with Crippen LogP contribution in [0.25, 0.3) is 0 Å². The third-order valence-corrected chi connectivity index (χ3v) is 3.02. The van der Waals surface area contributed by atoms with Crippen LogP contribution in [0.15, 0.2) is 24.3 Å². The van der Waals surface area contributed by atoms with E-state index in [4.69, 9.17) is 0 Å². The van der Waals surface area contributed by atoms with Gasteiger partial charge in [-0.25, -0.2) is 0 Å². The number of benzene rings is 1. The molecule has 0 heterocycles. The van der Waals surface area contributed by atoms with Crippen LogP contribution in [0.1, 0.15) is 31.9 Å². The first-order valence-corrected chi connectivity index (χ1v) is 5.86. The summed E-state index contributed by atoms with van der Waals surface area (Å²) in [5.74, 6) is 1.50. The highest BCUT2D eigenvalue weighted by molar-refractivity contribution is 5.21. The molecule has 0 amide bonds. The average Bonchev–Trinajstić information content (AvgIpc) is 2.17. The molecule has 0 unspecified atom stereocenters. The van der Waals surface area contributed by atoms with Crippen LogP contribution in [0.2, 0.25) is 0 Å². The maximum Gasteiger partial charge on any atom is 0.0205 e. The second kappa shape index (κ2) is 5.92. The Morgan fingerprint density at radius 1 is 1.20 bits per heavy atom. The monoisotopic (exact) mass is 205 g/mol. The smallest absolute Gasteiger partial charge is 0.0205 e. The van der Waals surface area contributed by atoms with Gasteiger partial charge in [0.1, 0.15) is 0 Å². The largest absolute Gasteiger partial charge is 0.312 e. The van der Waals surface area contributed by atoms with Crippen LogP contribution in [-0.4, -0.2) is 6.54 Å². The van der Waals surface area contributed by atoms with Crippen LogP contribution >= 0.6 is 0 Å². The summed E-state index contributed by atoms with van der Waals surface area (Å²) in [6, 6.07) is 8.69. The molecule has 1 rings (SSSR count). The molecule has 0 bridgehead atoms. The standard InChI is InChI=1S/C14H23N/c1-11(2)13(4)9-15-10-14-7-5-6-12(3)8-14/h5-8,11,13,15H,9-10H2,1-4H3/t13-/m1/s1. The van der Waals surface area contributed by atoms with Crippen molar-refractivity contribution in [1.29, 1.82) is 0 Å². The predicted octanol–water partition coefficient (Wildman–Crippen LogP) is 3.38. The van der Waals surface area contributed by atoms with Crippen LogP contribution < -0.4 is 5.32 Å². The summed E-state index contributed by atoms with van der Waals surface area (Å²) < 4.78 is 0. The van der Waals surface area contributed by atoms with E-state index in [2.05, 4.69) is 57.3 Å². The lowest BCUT2D eigenvalue weighted by Crippen LogP contribution is -2.23. The quantitative estimate of drug-likeness (QED) is 0.777. The van der Waals surface area contributed by atoms with E-state index in [1.807, 2.05) is 0 Å². The molecule has 0 saturated carbocycles. The normalized spacial score (nSPS) is 13.1. The van der Waals surface area contributed by atoms with Crippen LogP contribution in [0.5, 0.6) is 0 Å². The minimum atomic E-state index is 0.745. The fourth-order valence-electron chi connectivity index (χ4n) is 1.50. The van der Waals surface area contributed by atoms with E-state index in [9.17, 15) is 0 Å². The maximum absolute atomic E-state index is 3.51. The van der Waals surface area contributed by atoms with Gasteiger partial charge in [0, 0.05) is 6.54 Å². The van der Waals surface area contributed by atoms with Gasteiger partial charge in [-0.1, -0.05) is 50.6 Å². The van der Waals surface area contributed by atoms with E-state index in [-0.39, 0.29) is 0 Å². The Bertz CT molecular complexity index is 291. The van der Waals surface area contributed by atoms with Crippen molar-refractivity contribution in [2.75, 3.05) is 6.54 Å². The molecule has 0 radical (unpaired) electrons. The molecule has 1 heteroatoms. The summed E-state index contributed by atoms with van der Waals surface area (Å²) in [5, 5.41) is 3.51. The highest BCUT2D eigenvalue weighted by Gasteiger charge is 2.05. The van der Waals surface area contributed by atoms with Crippen molar-refractivity contribution in [3.05, 3.63) is 35.4 Å². The van der Waals surface area contributed by atoms with Crippen molar-refractivity contribution in [1.82, 2.24) is 5.32 Å². The molecule has 1 atom stereocenters. The molecule has 0 fully saturated rings. The molecule has 0 aliphatic carbocycles. The van der Waals surface area contributed by atoms with Crippen molar-refractivity contribution >= 4 is 0 Å². The third-order valence-electron chi connectivity index (χ3n) is 3.02. The Morgan fingerprint density at radius 2 is 1.93 bits per heavy atom. The van der Waals surface area contributed by atoms with Gasteiger partial charge in [-0.05, 0) is 30.9 Å². The summed E-state index contributed by atoms with van der Waals surface area (Å²) in [6.45, 7) is 11.1. The summed E-state index contributed by atoms with van der Waals surface area (Å²) in [7, 11) is 0. The molecule has 0 aliphatic rings. The van der Waals surface area contributed by atoms with Crippen molar-refractivity contribution in [3.63, 3.8) is 0 Å². The van der Waals surface area contributed by atoms with Gasteiger partial charge < -0.3 is 5.32 Å². The Kier molecular flexibility index (Phi) is 4.83. The van der Waals surface area contributed by atoms with Gasteiger partial charge >= 0.3 is 0 Å². The average molecular weight is 205 g/mol. The van der Waals surface area contributed by atoms with Crippen LogP contribution in [-0.2, 0) is 6.54 Å². The molecule has 1 aromatic carbocycles. The zero-order chi connectivity index (χ0) is 11.3. The van der Waals surface area contributed by atoms with E-state index >= 15 is 0 Å². The molecule has 0 spiro atoms. The highest BCUT2D eigenvalue weighted by atomic mass is 14.9. The minimum Gasteiger partial charge on any atom is -0.312 e. The Morgan fingerprint density at radius 3 is 2.53 bits per heavy atom. The van der Waals surface area contributed by atoms with Gasteiger partial charge in [0.2, 0.25) is 0 Å². The van der Waals surface area contributed by atoms with Gasteiger partial charge in [0.15, 0.2) is 0 Å². The zero-order valence-corrected chi connectivity index (χ0v) is 10.4. The van der Waals surface area contributed by atoms with Crippen molar-refractivity contribution in [2.24, 2.45) is 11.8 Å². The van der Waals surface area contributed by atoms with E-state index in [0.717, 1.165) is 24.9 Å². The molecule has 0 saturated heterocycles. The van der Waals surface area contributed by atoms with E-state index in [0.29, 0.717) is 0 Å². The Balaban J connectivity index is 2.32. The Hall–Kier alpha value is -0.820. The van der Waals surface area contributed by atoms with Gasteiger partial charge in [0.05, 0.1) is 0 Å². The predicted molar refractivity (Wildman–Crippen MR) is 66.9 cm³/mol. The lowest BCUT2D eigenvalue weighted by atomic mass is 9.98. The summed E-state index contributed by atoms with van der Waals surface area (Å²) in [6.07, 6.45) is 0. The van der Waals surface area contributed by atoms with Crippen LogP contribution in [0, 0.1) is 18.8 Å². The SMILES string of the molecule is Cc1cccc(CNC[C@@H](C)C(C)C)c1. The lowest BCUT2D eigenvalue weighted by Gasteiger charge is -2.16. The van der Waals surface area contributed by atoms with Crippen molar-refractivity contribution < 1.29 is 0 Å². The molecule has 84 valence electrons. The molecule has 1 nitrogen and oxygen atoms in total. The van der Waals surface area contributed by atoms with Crippen molar-refractivity contribution in [2.45, 2.75) is 34.2 Å². The number of aryl methyl sites for hydroxylation is 1. The van der Waals surface area contributed by atoms with Gasteiger partial charge in [-0.3, -0.25) is 0 Å². The Labute approximate surface area is 93.9 Å². The first-order valence-electron chi connectivity index (χ1n) is 5.86. The topological polar surface area (TPSA) is 12.0 Å². The van der Waals surface area contributed by atoms with Crippen LogP contribution in [0.4, 0.5) is 0 Å². The summed E-state index contributed by atoms with van der Waals surface area (Å²) >= 11 is 0. The lowest BCUT2D eigenvalue weighted by molar-refractivity contribution is 0.392. The highest BCUT2D eigenvalue weighted by Crippen LogP contribution is 2.08. The molecule has 0 aromatic heterocycles. The van der Waals surface area contributed by atoms with E-state index in [1.165, 1.54) is 11.1 Å². The minimum absolute atomic E-state index is 0.745. The van der Waals surface area contributed by atoms with E-state index < -0.39 is 0 Å². The van der Waals surface area contributed by atoms with Crippen molar-refractivity contribution in [3.8, 4) is 0 Å². The number of hydrogen-bond donors (Lipinski definition) is 1. The van der Waals surface area contributed by atoms with Crippen LogP contribution in [0.3, 0.4) is 0 Å². The second-order valence-corrected chi connectivity index (χ2v) is 4.84.